The highest BCUT2D eigenvalue weighted by atomic mass is 16.5. The predicted octanol–water partition coefficient (Wildman–Crippen LogP) is 2.34. The lowest BCUT2D eigenvalue weighted by Gasteiger charge is -2.33. The van der Waals surface area contributed by atoms with E-state index in [4.69, 9.17) is 9.47 Å². The lowest BCUT2D eigenvalue weighted by Crippen LogP contribution is -2.44. The molecule has 6 heteroatoms. The molecule has 0 radical (unpaired) electrons. The van der Waals surface area contributed by atoms with Gasteiger partial charge in [0.05, 0.1) is 31.0 Å². The number of hydrogen-bond acceptors (Lipinski definition) is 6. The van der Waals surface area contributed by atoms with Gasteiger partial charge in [-0.2, -0.15) is 0 Å². The van der Waals surface area contributed by atoms with Gasteiger partial charge in [0.15, 0.2) is 23.1 Å². The zero-order chi connectivity index (χ0) is 20.0. The molecule has 0 amide bonds. The Hall–Kier alpha value is -2.50. The Morgan fingerprint density at radius 2 is 1.35 bits per heavy atom. The molecule has 2 aliphatic carbocycles. The monoisotopic (exact) mass is 360 g/mol. The summed E-state index contributed by atoms with van der Waals surface area (Å²) in [6.45, 7) is 7.80. The summed E-state index contributed by atoms with van der Waals surface area (Å²) < 4.78 is 10.3. The molecule has 0 aliphatic heterocycles. The Morgan fingerprint density at radius 3 is 1.85 bits per heavy atom. The minimum absolute atomic E-state index is 0.0680. The summed E-state index contributed by atoms with van der Waals surface area (Å²) in [4.78, 5) is 50.5. The van der Waals surface area contributed by atoms with Gasteiger partial charge in [0.1, 0.15) is 0 Å². The molecule has 1 unspecified atom stereocenters. The first-order valence-electron chi connectivity index (χ1n) is 8.32. The summed E-state index contributed by atoms with van der Waals surface area (Å²) >= 11 is 0. The van der Waals surface area contributed by atoms with Crippen LogP contribution in [-0.4, -0.2) is 37.4 Å². The van der Waals surface area contributed by atoms with Crippen LogP contribution in [0.25, 0.3) is 0 Å². The van der Waals surface area contributed by atoms with Gasteiger partial charge in [-0.1, -0.05) is 0 Å². The van der Waals surface area contributed by atoms with Crippen molar-refractivity contribution in [2.75, 3.05) is 14.2 Å². The van der Waals surface area contributed by atoms with Crippen LogP contribution in [0.2, 0.25) is 0 Å². The van der Waals surface area contributed by atoms with Gasteiger partial charge in [0.25, 0.3) is 0 Å². The standard InChI is InChI=1S/C20H24O6/c1-10(11-8-13(25-6)17(23)19(2,3)15(11)21)12-9-14(26-7)18(24)20(4,5)16(12)22/h8-9,11H,1-7H3. The summed E-state index contributed by atoms with van der Waals surface area (Å²) in [5.41, 5.74) is -1.83. The maximum Gasteiger partial charge on any atom is 0.210 e. The highest BCUT2D eigenvalue weighted by Crippen LogP contribution is 2.40. The second kappa shape index (κ2) is 6.34. The van der Waals surface area contributed by atoms with Gasteiger partial charge in [0, 0.05) is 5.57 Å². The molecule has 0 aromatic heterocycles. The van der Waals surface area contributed by atoms with Gasteiger partial charge in [-0.15, -0.1) is 0 Å². The highest BCUT2D eigenvalue weighted by molar-refractivity contribution is 6.23. The first-order chi connectivity index (χ1) is 11.9. The minimum atomic E-state index is -1.28. The lowest BCUT2D eigenvalue weighted by molar-refractivity contribution is -0.140. The molecule has 0 aromatic rings. The van der Waals surface area contributed by atoms with E-state index in [1.165, 1.54) is 40.2 Å². The molecule has 2 aliphatic rings. The van der Waals surface area contributed by atoms with E-state index in [-0.39, 0.29) is 28.7 Å². The molecule has 6 nitrogen and oxygen atoms in total. The Labute approximate surface area is 152 Å². The molecule has 0 spiro atoms. The number of ketones is 4. The van der Waals surface area contributed by atoms with Crippen molar-refractivity contribution in [2.45, 2.75) is 34.6 Å². The van der Waals surface area contributed by atoms with Crippen molar-refractivity contribution in [3.63, 3.8) is 0 Å². The maximum atomic E-state index is 12.9. The summed E-state index contributed by atoms with van der Waals surface area (Å²) in [5, 5.41) is 0. The van der Waals surface area contributed by atoms with E-state index in [0.717, 1.165) is 0 Å². The average molecular weight is 360 g/mol. The van der Waals surface area contributed by atoms with Crippen molar-refractivity contribution in [2.24, 2.45) is 16.7 Å². The first-order valence-corrected chi connectivity index (χ1v) is 8.32. The number of rotatable bonds is 3. The van der Waals surface area contributed by atoms with Crippen LogP contribution in [0.5, 0.6) is 0 Å². The van der Waals surface area contributed by atoms with Crippen molar-refractivity contribution in [3.8, 4) is 0 Å². The van der Waals surface area contributed by atoms with E-state index < -0.39 is 28.3 Å². The van der Waals surface area contributed by atoms with E-state index in [1.807, 2.05) is 0 Å². The maximum absolute atomic E-state index is 12.9. The molecular formula is C20H24O6. The van der Waals surface area contributed by atoms with Crippen LogP contribution < -0.4 is 0 Å². The molecule has 0 saturated carbocycles. The highest BCUT2D eigenvalue weighted by Gasteiger charge is 2.48. The second-order valence-corrected chi connectivity index (χ2v) is 7.62. The van der Waals surface area contributed by atoms with Crippen molar-refractivity contribution in [3.05, 3.63) is 34.8 Å². The van der Waals surface area contributed by atoms with Gasteiger partial charge in [-0.3, -0.25) is 19.2 Å². The predicted molar refractivity (Wildman–Crippen MR) is 94.0 cm³/mol. The molecule has 2 rings (SSSR count). The van der Waals surface area contributed by atoms with Gasteiger partial charge in [-0.25, -0.2) is 0 Å². The third kappa shape index (κ3) is 2.73. The number of carbonyl (C=O) groups is 4. The fraction of sp³-hybridized carbons (Fsp3) is 0.500. The molecule has 26 heavy (non-hydrogen) atoms. The number of carbonyl (C=O) groups excluding carboxylic acids is 4. The second-order valence-electron chi connectivity index (χ2n) is 7.62. The summed E-state index contributed by atoms with van der Waals surface area (Å²) in [7, 11) is 2.73. The topological polar surface area (TPSA) is 86.7 Å². The number of ether oxygens (including phenoxy) is 2. The molecule has 0 heterocycles. The van der Waals surface area contributed by atoms with Crippen LogP contribution >= 0.6 is 0 Å². The van der Waals surface area contributed by atoms with Crippen molar-refractivity contribution < 1.29 is 28.7 Å². The summed E-state index contributed by atoms with van der Waals surface area (Å²) in [5.74, 6) is -2.13. The van der Waals surface area contributed by atoms with Crippen molar-refractivity contribution in [1.82, 2.24) is 0 Å². The fourth-order valence-electron chi connectivity index (χ4n) is 3.22. The Bertz CT molecular complexity index is 804. The average Bonchev–Trinajstić information content (AvgIpc) is 2.59. The quantitative estimate of drug-likeness (QED) is 0.567. The normalized spacial score (nSPS) is 27.0. The van der Waals surface area contributed by atoms with E-state index in [1.54, 1.807) is 20.8 Å². The molecule has 0 N–H and O–H groups in total. The fourth-order valence-corrected chi connectivity index (χ4v) is 3.22. The summed E-state index contributed by atoms with van der Waals surface area (Å²) in [6.07, 6.45) is 2.82. The van der Waals surface area contributed by atoms with Crippen LogP contribution in [0.15, 0.2) is 34.8 Å². The van der Waals surface area contributed by atoms with Crippen LogP contribution in [0.3, 0.4) is 0 Å². The third-order valence-electron chi connectivity index (χ3n) is 5.22. The molecule has 0 aromatic carbocycles. The Balaban J connectivity index is 2.70. The molecular weight excluding hydrogens is 336 g/mol. The first kappa shape index (κ1) is 19.8. The van der Waals surface area contributed by atoms with E-state index in [9.17, 15) is 19.2 Å². The van der Waals surface area contributed by atoms with Crippen molar-refractivity contribution >= 4 is 23.1 Å². The summed E-state index contributed by atoms with van der Waals surface area (Å²) in [6, 6.07) is 0. The SMILES string of the molecule is COC1=CC(=C(C)C2C=C(OC)C(=O)C(C)(C)C2=O)C(=O)C(C)(C)C1=O. The Morgan fingerprint density at radius 1 is 0.846 bits per heavy atom. The van der Waals surface area contributed by atoms with Crippen LogP contribution in [0.4, 0.5) is 0 Å². The Kier molecular flexibility index (Phi) is 4.83. The molecule has 140 valence electrons. The zero-order valence-electron chi connectivity index (χ0n) is 16.2. The van der Waals surface area contributed by atoms with Crippen LogP contribution in [-0.2, 0) is 28.7 Å². The van der Waals surface area contributed by atoms with E-state index in [2.05, 4.69) is 0 Å². The zero-order valence-corrected chi connectivity index (χ0v) is 16.2. The number of hydrogen-bond donors (Lipinski definition) is 0. The number of Topliss-reactive ketones (excluding diaryl/α,β-unsaturated/α-hetero) is 4. The van der Waals surface area contributed by atoms with Gasteiger partial charge < -0.3 is 9.47 Å². The van der Waals surface area contributed by atoms with Crippen LogP contribution in [0, 0.1) is 16.7 Å². The van der Waals surface area contributed by atoms with Gasteiger partial charge in [-0.05, 0) is 52.3 Å². The largest absolute Gasteiger partial charge is 0.493 e. The van der Waals surface area contributed by atoms with E-state index >= 15 is 0 Å². The van der Waals surface area contributed by atoms with Crippen molar-refractivity contribution in [1.29, 1.82) is 0 Å². The molecule has 1 atom stereocenters. The van der Waals surface area contributed by atoms with E-state index in [0.29, 0.717) is 5.57 Å². The molecule has 0 saturated heterocycles. The molecule has 0 bridgehead atoms. The van der Waals surface area contributed by atoms with Gasteiger partial charge in [0.2, 0.25) is 11.6 Å². The number of allylic oxidation sites excluding steroid dienone is 6. The van der Waals surface area contributed by atoms with Crippen LogP contribution in [0.1, 0.15) is 34.6 Å². The van der Waals surface area contributed by atoms with Gasteiger partial charge >= 0.3 is 0 Å². The molecule has 0 fully saturated rings. The minimum Gasteiger partial charge on any atom is -0.493 e. The third-order valence-corrected chi connectivity index (χ3v) is 5.22. The lowest BCUT2D eigenvalue weighted by atomic mass is 9.68. The number of methoxy groups -OCH3 is 2. The smallest absolute Gasteiger partial charge is 0.210 e.